The Kier molecular flexibility index (Phi) is 4.39. The molecule has 1 aliphatic rings. The molecule has 26 heavy (non-hydrogen) atoms. The number of aromatic nitrogens is 2. The molecule has 2 heterocycles. The number of fused-ring (bicyclic) bond motifs is 1. The van der Waals surface area contributed by atoms with E-state index < -0.39 is 23.6 Å². The third-order valence-electron chi connectivity index (χ3n) is 4.60. The number of nitrogens with two attached hydrogens (primary N) is 1. The normalized spacial score (nSPS) is 18.0. The monoisotopic (exact) mass is 370 g/mol. The summed E-state index contributed by atoms with van der Waals surface area (Å²) in [5.41, 5.74) is 5.66. The van der Waals surface area contributed by atoms with E-state index in [0.717, 1.165) is 10.4 Å². The van der Waals surface area contributed by atoms with Gasteiger partial charge in [0.1, 0.15) is 5.52 Å². The molecule has 0 saturated carbocycles. The molecule has 1 amide bonds. The lowest BCUT2D eigenvalue weighted by atomic mass is 9.91. The summed E-state index contributed by atoms with van der Waals surface area (Å²) >= 11 is 0. The van der Waals surface area contributed by atoms with Crippen LogP contribution >= 0.6 is 0 Å². The molecule has 0 aliphatic carbocycles. The number of hydrogen-bond donors (Lipinski definition) is 1. The molecule has 0 spiro atoms. The molecule has 0 radical (unpaired) electrons. The quantitative estimate of drug-likeness (QED) is 0.892. The lowest BCUT2D eigenvalue weighted by Crippen LogP contribution is -2.46. The number of amides is 1. The molecule has 0 unspecified atom stereocenters. The average Bonchev–Trinajstić information content (AvgIpc) is 3.01. The Bertz CT molecular complexity index is 854. The molecular weight excluding hydrogens is 353 g/mol. The number of primary amides is 1. The first-order valence-corrected chi connectivity index (χ1v) is 7.93. The van der Waals surface area contributed by atoms with Crippen LogP contribution in [0.1, 0.15) is 30.1 Å². The van der Waals surface area contributed by atoms with Crippen LogP contribution in [-0.2, 0) is 15.2 Å². The van der Waals surface area contributed by atoms with E-state index in [4.69, 9.17) is 5.73 Å². The minimum atomic E-state index is -5.02. The minimum Gasteiger partial charge on any atom is -0.366 e. The summed E-state index contributed by atoms with van der Waals surface area (Å²) in [6.45, 7) is 2.18. The van der Waals surface area contributed by atoms with Crippen LogP contribution in [-0.4, -0.2) is 46.0 Å². The van der Waals surface area contributed by atoms with Gasteiger partial charge in [-0.15, -0.1) is 5.06 Å². The van der Waals surface area contributed by atoms with Crippen molar-refractivity contribution in [3.63, 3.8) is 0 Å². The highest BCUT2D eigenvalue weighted by Crippen LogP contribution is 2.32. The smallest absolute Gasteiger partial charge is 0.366 e. The highest BCUT2D eigenvalue weighted by atomic mass is 19.4. The van der Waals surface area contributed by atoms with E-state index >= 15 is 0 Å². The first-order chi connectivity index (χ1) is 12.1. The van der Waals surface area contributed by atoms with Gasteiger partial charge in [0.25, 0.3) is 5.91 Å². The van der Waals surface area contributed by atoms with E-state index in [1.165, 1.54) is 0 Å². The number of piperidine rings is 1. The van der Waals surface area contributed by atoms with Crippen LogP contribution in [0.5, 0.6) is 0 Å². The predicted molar refractivity (Wildman–Crippen MR) is 84.9 cm³/mol. The second-order valence-electron chi connectivity index (χ2n) is 6.48. The van der Waals surface area contributed by atoms with Crippen LogP contribution in [0, 0.1) is 0 Å². The maximum Gasteiger partial charge on any atom is 0.492 e. The third kappa shape index (κ3) is 3.36. The van der Waals surface area contributed by atoms with Crippen LogP contribution in [0.4, 0.5) is 13.2 Å². The number of alkyl halides is 3. The molecule has 3 rings (SSSR count). The van der Waals surface area contributed by atoms with Crippen molar-refractivity contribution in [3.05, 3.63) is 30.0 Å². The molecule has 0 bridgehead atoms. The lowest BCUT2D eigenvalue weighted by molar-refractivity contribution is -0.243. The molecule has 10 heteroatoms. The fraction of sp³-hybridized carbons (Fsp3) is 0.438. The van der Waals surface area contributed by atoms with Crippen molar-refractivity contribution >= 4 is 22.8 Å². The Balaban J connectivity index is 1.77. The van der Waals surface area contributed by atoms with Crippen LogP contribution in [0.2, 0.25) is 0 Å². The first kappa shape index (κ1) is 18.2. The van der Waals surface area contributed by atoms with Crippen molar-refractivity contribution < 1.29 is 27.6 Å². The first-order valence-electron chi connectivity index (χ1n) is 7.93. The van der Waals surface area contributed by atoms with Gasteiger partial charge < -0.3 is 10.6 Å². The zero-order valence-electron chi connectivity index (χ0n) is 13.9. The van der Waals surface area contributed by atoms with Gasteiger partial charge in [-0.3, -0.25) is 9.48 Å². The average molecular weight is 370 g/mol. The maximum absolute atomic E-state index is 12.3. The number of nitrogens with zero attached hydrogens (tertiary/aromatic N) is 3. The summed E-state index contributed by atoms with van der Waals surface area (Å²) in [7, 11) is 0. The van der Waals surface area contributed by atoms with E-state index in [0.29, 0.717) is 23.9 Å². The van der Waals surface area contributed by atoms with Gasteiger partial charge in [-0.05, 0) is 25.8 Å². The zero-order chi connectivity index (χ0) is 19.1. The van der Waals surface area contributed by atoms with Crippen molar-refractivity contribution in [1.29, 1.82) is 0 Å². The number of benzene rings is 1. The highest BCUT2D eigenvalue weighted by molar-refractivity contribution is 6.04. The fourth-order valence-electron chi connectivity index (χ4n) is 2.98. The van der Waals surface area contributed by atoms with Crippen LogP contribution in [0.15, 0.2) is 24.4 Å². The van der Waals surface area contributed by atoms with Gasteiger partial charge >= 0.3 is 12.1 Å². The van der Waals surface area contributed by atoms with Gasteiger partial charge in [-0.25, -0.2) is 4.79 Å². The molecule has 0 atom stereocenters. The van der Waals surface area contributed by atoms with Crippen molar-refractivity contribution in [2.75, 3.05) is 13.1 Å². The van der Waals surface area contributed by atoms with Crippen molar-refractivity contribution in [2.24, 2.45) is 5.73 Å². The van der Waals surface area contributed by atoms with Crippen LogP contribution in [0.3, 0.4) is 0 Å². The summed E-state index contributed by atoms with van der Waals surface area (Å²) in [5, 5.41) is 6.22. The number of hydroxylamine groups is 2. The SMILES string of the molecule is CC1(n2cc3cccc(C(N)=O)c3n2)CCN(OC(=O)C(F)(F)F)CC1. The summed E-state index contributed by atoms with van der Waals surface area (Å²) in [6, 6.07) is 5.09. The molecule has 7 nitrogen and oxygen atoms in total. The van der Waals surface area contributed by atoms with E-state index in [9.17, 15) is 22.8 Å². The minimum absolute atomic E-state index is 0.136. The predicted octanol–water partition coefficient (Wildman–Crippen LogP) is 1.97. The van der Waals surface area contributed by atoms with Gasteiger partial charge in [0.05, 0.1) is 11.1 Å². The van der Waals surface area contributed by atoms with E-state index in [1.807, 2.05) is 6.92 Å². The second kappa shape index (κ2) is 6.27. The fourth-order valence-corrected chi connectivity index (χ4v) is 2.98. The van der Waals surface area contributed by atoms with Gasteiger partial charge in [0, 0.05) is 24.7 Å². The molecule has 2 aromatic rings. The molecule has 1 aliphatic heterocycles. The van der Waals surface area contributed by atoms with Crippen molar-refractivity contribution in [2.45, 2.75) is 31.5 Å². The van der Waals surface area contributed by atoms with Crippen LogP contribution in [0.25, 0.3) is 10.9 Å². The zero-order valence-corrected chi connectivity index (χ0v) is 13.9. The summed E-state index contributed by atoms with van der Waals surface area (Å²) < 4.78 is 38.6. The second-order valence-corrected chi connectivity index (χ2v) is 6.48. The van der Waals surface area contributed by atoms with Crippen molar-refractivity contribution in [1.82, 2.24) is 14.8 Å². The number of carbonyl (C=O) groups excluding carboxylic acids is 2. The molecular formula is C16H17F3N4O3. The summed E-state index contributed by atoms with van der Waals surface area (Å²) in [6.07, 6.45) is -2.42. The maximum atomic E-state index is 12.3. The Labute approximate surface area is 146 Å². The largest absolute Gasteiger partial charge is 0.492 e. The Morgan fingerprint density at radius 2 is 1.92 bits per heavy atom. The molecule has 1 fully saturated rings. The molecule has 1 saturated heterocycles. The third-order valence-corrected chi connectivity index (χ3v) is 4.60. The van der Waals surface area contributed by atoms with E-state index in [-0.39, 0.29) is 13.1 Å². The molecule has 2 N–H and O–H groups in total. The standard InChI is InChI=1S/C16H17F3N4O3/c1-15(5-7-22(8-6-15)26-14(25)16(17,18)19)23-9-10-3-2-4-11(13(20)24)12(10)21-23/h2-4,9H,5-8H2,1H3,(H2,20,24). The van der Waals surface area contributed by atoms with Crippen LogP contribution < -0.4 is 5.73 Å². The van der Waals surface area contributed by atoms with Gasteiger partial charge in [-0.2, -0.15) is 18.3 Å². The Hall–Kier alpha value is -2.62. The highest BCUT2D eigenvalue weighted by Gasteiger charge is 2.44. The Morgan fingerprint density at radius 1 is 1.27 bits per heavy atom. The van der Waals surface area contributed by atoms with Gasteiger partial charge in [0.15, 0.2) is 0 Å². The summed E-state index contributed by atoms with van der Waals surface area (Å²) in [5.74, 6) is -2.81. The number of carbonyl (C=O) groups is 2. The number of rotatable bonds is 3. The van der Waals surface area contributed by atoms with Gasteiger partial charge in [0.2, 0.25) is 0 Å². The van der Waals surface area contributed by atoms with E-state index in [1.54, 1.807) is 29.1 Å². The number of hydrogen-bond acceptors (Lipinski definition) is 5. The molecule has 1 aromatic heterocycles. The molecule has 1 aromatic carbocycles. The summed E-state index contributed by atoms with van der Waals surface area (Å²) in [4.78, 5) is 26.8. The topological polar surface area (TPSA) is 90.4 Å². The van der Waals surface area contributed by atoms with Gasteiger partial charge in [-0.1, -0.05) is 12.1 Å². The van der Waals surface area contributed by atoms with Crippen molar-refractivity contribution in [3.8, 4) is 0 Å². The Morgan fingerprint density at radius 3 is 2.50 bits per heavy atom. The van der Waals surface area contributed by atoms with E-state index in [2.05, 4.69) is 9.94 Å². The molecule has 140 valence electrons. The lowest BCUT2D eigenvalue weighted by Gasteiger charge is -2.38. The number of halogens is 3.